The number of hydrogen-bond donors (Lipinski definition) is 1. The van der Waals surface area contributed by atoms with Gasteiger partial charge in [0, 0.05) is 17.9 Å². The SMILES string of the molecule is C=C1C[C@H](C(=O)O)[C@@H](c2nnc(C3CC(CC(C)C)C3)n2C2CC2)C1. The number of carbonyl (C=O) groups is 1. The average Bonchev–Trinajstić information content (AvgIpc) is 3.12. The molecule has 0 aliphatic heterocycles. The van der Waals surface area contributed by atoms with Crippen molar-refractivity contribution < 1.29 is 9.90 Å². The molecule has 0 unspecified atom stereocenters. The van der Waals surface area contributed by atoms with Gasteiger partial charge in [-0.05, 0) is 56.8 Å². The van der Waals surface area contributed by atoms with Crippen LogP contribution in [0, 0.1) is 17.8 Å². The van der Waals surface area contributed by atoms with Crippen LogP contribution < -0.4 is 0 Å². The lowest BCUT2D eigenvalue weighted by Crippen LogP contribution is -2.27. The van der Waals surface area contributed by atoms with E-state index in [4.69, 9.17) is 0 Å². The summed E-state index contributed by atoms with van der Waals surface area (Å²) in [5.41, 5.74) is 1.03. The summed E-state index contributed by atoms with van der Waals surface area (Å²) in [6, 6.07) is 0.493. The number of allylic oxidation sites excluding steroid dienone is 1. The van der Waals surface area contributed by atoms with E-state index < -0.39 is 11.9 Å². The maximum atomic E-state index is 11.7. The van der Waals surface area contributed by atoms with Crippen molar-refractivity contribution in [2.24, 2.45) is 17.8 Å². The minimum absolute atomic E-state index is 0.0570. The molecule has 1 aromatic heterocycles. The van der Waals surface area contributed by atoms with Crippen LogP contribution in [-0.2, 0) is 4.79 Å². The molecule has 5 nitrogen and oxygen atoms in total. The van der Waals surface area contributed by atoms with Crippen LogP contribution in [0.3, 0.4) is 0 Å². The van der Waals surface area contributed by atoms with Gasteiger partial charge in [0.2, 0.25) is 0 Å². The van der Waals surface area contributed by atoms with Crippen LogP contribution in [0.15, 0.2) is 12.2 Å². The molecule has 25 heavy (non-hydrogen) atoms. The van der Waals surface area contributed by atoms with E-state index in [1.54, 1.807) is 0 Å². The smallest absolute Gasteiger partial charge is 0.307 e. The van der Waals surface area contributed by atoms with Gasteiger partial charge in [-0.3, -0.25) is 4.79 Å². The van der Waals surface area contributed by atoms with Gasteiger partial charge in [-0.2, -0.15) is 0 Å². The standard InChI is InChI=1S/C20H29N3O2/c1-11(2)6-13-9-14(10-13)18-21-22-19(23(18)15-4-5-15)16-7-12(3)8-17(16)20(24)25/h11,13-17H,3-10H2,1-2H3,(H,24,25)/t13?,14?,16-,17-/m0/s1. The second-order valence-electron chi connectivity index (χ2n) is 8.89. The normalized spacial score (nSPS) is 32.2. The van der Waals surface area contributed by atoms with Crippen LogP contribution in [-0.4, -0.2) is 25.8 Å². The van der Waals surface area contributed by atoms with Gasteiger partial charge in [0.15, 0.2) is 0 Å². The van der Waals surface area contributed by atoms with Crippen molar-refractivity contribution in [2.45, 2.75) is 76.7 Å². The highest BCUT2D eigenvalue weighted by Gasteiger charge is 2.44. The summed E-state index contributed by atoms with van der Waals surface area (Å²) in [6.07, 6.45) is 7.38. The van der Waals surface area contributed by atoms with Crippen LogP contribution >= 0.6 is 0 Å². The Morgan fingerprint density at radius 3 is 2.52 bits per heavy atom. The fourth-order valence-electron chi connectivity index (χ4n) is 4.88. The van der Waals surface area contributed by atoms with Crippen molar-refractivity contribution >= 4 is 5.97 Å². The lowest BCUT2D eigenvalue weighted by molar-refractivity contribution is -0.142. The summed E-state index contributed by atoms with van der Waals surface area (Å²) < 4.78 is 2.33. The van der Waals surface area contributed by atoms with Gasteiger partial charge in [0.05, 0.1) is 5.92 Å². The van der Waals surface area contributed by atoms with Gasteiger partial charge in [-0.1, -0.05) is 26.0 Å². The monoisotopic (exact) mass is 343 g/mol. The third kappa shape index (κ3) is 3.13. The van der Waals surface area contributed by atoms with Crippen molar-refractivity contribution in [1.82, 2.24) is 14.8 Å². The Kier molecular flexibility index (Phi) is 4.20. The van der Waals surface area contributed by atoms with E-state index in [0.717, 1.165) is 35.5 Å². The second kappa shape index (κ2) is 6.26. The highest BCUT2D eigenvalue weighted by atomic mass is 16.4. The third-order valence-electron chi connectivity index (χ3n) is 6.22. The Balaban J connectivity index is 1.57. The number of aliphatic carboxylic acids is 1. The molecule has 3 aliphatic carbocycles. The molecule has 4 rings (SSSR count). The van der Waals surface area contributed by atoms with Crippen molar-refractivity contribution in [1.29, 1.82) is 0 Å². The largest absolute Gasteiger partial charge is 0.481 e. The topological polar surface area (TPSA) is 68.0 Å². The first-order valence-corrected chi connectivity index (χ1v) is 9.78. The van der Waals surface area contributed by atoms with Crippen LogP contribution in [0.25, 0.3) is 0 Å². The first-order chi connectivity index (χ1) is 11.9. The lowest BCUT2D eigenvalue weighted by atomic mass is 9.71. The molecule has 0 radical (unpaired) electrons. The number of rotatable bonds is 6. The molecule has 0 saturated heterocycles. The Hall–Kier alpha value is -1.65. The maximum absolute atomic E-state index is 11.7. The van der Waals surface area contributed by atoms with Crippen LogP contribution in [0.4, 0.5) is 0 Å². The minimum Gasteiger partial charge on any atom is -0.481 e. The zero-order valence-electron chi connectivity index (χ0n) is 15.3. The van der Waals surface area contributed by atoms with E-state index in [2.05, 4.69) is 35.2 Å². The van der Waals surface area contributed by atoms with E-state index in [-0.39, 0.29) is 5.92 Å². The summed E-state index contributed by atoms with van der Waals surface area (Å²) in [6.45, 7) is 8.62. The number of nitrogens with zero attached hydrogens (tertiary/aromatic N) is 3. The third-order valence-corrected chi connectivity index (χ3v) is 6.22. The fraction of sp³-hybridized carbons (Fsp3) is 0.750. The van der Waals surface area contributed by atoms with Crippen LogP contribution in [0.5, 0.6) is 0 Å². The molecule has 0 aromatic carbocycles. The van der Waals surface area contributed by atoms with Crippen LogP contribution in [0.2, 0.25) is 0 Å². The molecule has 3 aliphatic rings. The predicted octanol–water partition coefficient (Wildman–Crippen LogP) is 4.29. The minimum atomic E-state index is -0.726. The summed E-state index contributed by atoms with van der Waals surface area (Å²) in [4.78, 5) is 11.7. The number of aromatic nitrogens is 3. The summed E-state index contributed by atoms with van der Waals surface area (Å²) in [5.74, 6) is 2.94. The molecule has 3 saturated carbocycles. The molecule has 1 N–H and O–H groups in total. The second-order valence-corrected chi connectivity index (χ2v) is 8.89. The Morgan fingerprint density at radius 2 is 1.92 bits per heavy atom. The van der Waals surface area contributed by atoms with Gasteiger partial charge >= 0.3 is 5.97 Å². The van der Waals surface area contributed by atoms with E-state index >= 15 is 0 Å². The van der Waals surface area contributed by atoms with Gasteiger partial charge in [0.1, 0.15) is 11.6 Å². The number of carboxylic acid groups (broad SMARTS) is 1. The molecule has 0 spiro atoms. The summed E-state index contributed by atoms with van der Waals surface area (Å²) in [7, 11) is 0. The zero-order valence-corrected chi connectivity index (χ0v) is 15.3. The van der Waals surface area contributed by atoms with E-state index in [0.29, 0.717) is 18.4 Å². The van der Waals surface area contributed by atoms with Crippen molar-refractivity contribution in [3.63, 3.8) is 0 Å². The highest BCUT2D eigenvalue weighted by molar-refractivity contribution is 5.72. The predicted molar refractivity (Wildman–Crippen MR) is 95.5 cm³/mol. The molecular formula is C20H29N3O2. The zero-order chi connectivity index (χ0) is 17.7. The van der Waals surface area contributed by atoms with Crippen molar-refractivity contribution in [3.8, 4) is 0 Å². The van der Waals surface area contributed by atoms with Gasteiger partial charge in [-0.25, -0.2) is 0 Å². The number of hydrogen-bond acceptors (Lipinski definition) is 3. The summed E-state index contributed by atoms with van der Waals surface area (Å²) >= 11 is 0. The van der Waals surface area contributed by atoms with Gasteiger partial charge in [0.25, 0.3) is 0 Å². The lowest BCUT2D eigenvalue weighted by Gasteiger charge is -2.36. The highest BCUT2D eigenvalue weighted by Crippen LogP contribution is 2.50. The summed E-state index contributed by atoms with van der Waals surface area (Å²) in [5, 5.41) is 18.7. The van der Waals surface area contributed by atoms with E-state index in [1.165, 1.54) is 32.1 Å². The Bertz CT molecular complexity index is 683. The van der Waals surface area contributed by atoms with Crippen LogP contribution in [0.1, 0.15) is 88.3 Å². The molecule has 2 atom stereocenters. The molecule has 1 heterocycles. The molecule has 0 amide bonds. The molecule has 0 bridgehead atoms. The first-order valence-electron chi connectivity index (χ1n) is 9.78. The molecule has 3 fully saturated rings. The molecule has 136 valence electrons. The first kappa shape index (κ1) is 16.8. The Morgan fingerprint density at radius 1 is 1.24 bits per heavy atom. The quantitative estimate of drug-likeness (QED) is 0.783. The van der Waals surface area contributed by atoms with E-state index in [1.807, 2.05) is 0 Å². The van der Waals surface area contributed by atoms with Crippen molar-refractivity contribution in [3.05, 3.63) is 23.8 Å². The molecule has 5 heteroatoms. The maximum Gasteiger partial charge on any atom is 0.307 e. The number of carboxylic acids is 1. The average molecular weight is 343 g/mol. The molecule has 1 aromatic rings. The molecular weight excluding hydrogens is 314 g/mol. The fourth-order valence-corrected chi connectivity index (χ4v) is 4.88. The van der Waals surface area contributed by atoms with Gasteiger partial charge < -0.3 is 9.67 Å². The van der Waals surface area contributed by atoms with Crippen molar-refractivity contribution in [2.75, 3.05) is 0 Å². The van der Waals surface area contributed by atoms with E-state index in [9.17, 15) is 9.90 Å². The van der Waals surface area contributed by atoms with Gasteiger partial charge in [-0.15, -0.1) is 10.2 Å². The Labute approximate surface area is 149 Å².